The van der Waals surface area contributed by atoms with E-state index >= 15 is 0 Å². The molecule has 1 unspecified atom stereocenters. The van der Waals surface area contributed by atoms with Crippen LogP contribution >= 0.6 is 0 Å². The summed E-state index contributed by atoms with van der Waals surface area (Å²) in [5.41, 5.74) is 7.89. The van der Waals surface area contributed by atoms with Gasteiger partial charge in [-0.25, -0.2) is 0 Å². The summed E-state index contributed by atoms with van der Waals surface area (Å²) in [7, 11) is 0. The number of nitrogens with zero attached hydrogens (tertiary/aromatic N) is 2. The zero-order valence-electron chi connectivity index (χ0n) is 23.6. The molecule has 40 heavy (non-hydrogen) atoms. The first-order valence-corrected chi connectivity index (χ1v) is 14.5. The molecular formula is C35H35N3O2. The first-order chi connectivity index (χ1) is 19.6. The number of hydrogen-bond donors (Lipinski definition) is 1. The molecule has 5 heteroatoms. The van der Waals surface area contributed by atoms with E-state index in [1.54, 1.807) is 0 Å². The van der Waals surface area contributed by atoms with Gasteiger partial charge in [-0.1, -0.05) is 30.3 Å². The number of anilines is 2. The molecule has 1 atom stereocenters. The Kier molecular flexibility index (Phi) is 5.77. The zero-order chi connectivity index (χ0) is 27.4. The van der Waals surface area contributed by atoms with Gasteiger partial charge >= 0.3 is 0 Å². The molecule has 3 heterocycles. The quantitative estimate of drug-likeness (QED) is 0.240. The van der Waals surface area contributed by atoms with Gasteiger partial charge in [-0.3, -0.25) is 0 Å². The summed E-state index contributed by atoms with van der Waals surface area (Å²) in [5, 5.41) is 1.16. The molecule has 1 spiro atoms. The molecule has 1 aromatic heterocycles. The lowest BCUT2D eigenvalue weighted by atomic mass is 9.74. The number of benzene rings is 4. The number of rotatable bonds is 6. The van der Waals surface area contributed by atoms with E-state index in [1.165, 1.54) is 5.69 Å². The van der Waals surface area contributed by atoms with Crippen LogP contribution in [0.3, 0.4) is 0 Å². The molecule has 5 aromatic rings. The van der Waals surface area contributed by atoms with Crippen molar-refractivity contribution in [1.82, 2.24) is 4.98 Å². The van der Waals surface area contributed by atoms with Crippen LogP contribution in [-0.4, -0.2) is 31.2 Å². The van der Waals surface area contributed by atoms with Crippen LogP contribution in [-0.2, 0) is 5.60 Å². The number of fused-ring (bicyclic) bond motifs is 10. The molecular weight excluding hydrogens is 494 g/mol. The lowest BCUT2D eigenvalue weighted by Gasteiger charge is -2.44. The Morgan fingerprint density at radius 1 is 0.650 bits per heavy atom. The summed E-state index contributed by atoms with van der Waals surface area (Å²) in [6.45, 7) is 12.5. The number of hydrogen-bond acceptors (Lipinski definition) is 4. The van der Waals surface area contributed by atoms with E-state index in [9.17, 15) is 0 Å². The minimum Gasteiger partial charge on any atom is -0.472 e. The van der Waals surface area contributed by atoms with Gasteiger partial charge in [-0.05, 0) is 76.2 Å². The van der Waals surface area contributed by atoms with Gasteiger partial charge in [0, 0.05) is 76.8 Å². The van der Waals surface area contributed by atoms with E-state index in [0.717, 1.165) is 88.0 Å². The summed E-state index contributed by atoms with van der Waals surface area (Å²) in [6.07, 6.45) is 0. The molecule has 2 aliphatic heterocycles. The highest BCUT2D eigenvalue weighted by molar-refractivity contribution is 5.96. The van der Waals surface area contributed by atoms with E-state index in [2.05, 4.69) is 127 Å². The van der Waals surface area contributed by atoms with Crippen molar-refractivity contribution in [2.75, 3.05) is 36.0 Å². The highest BCUT2D eigenvalue weighted by Gasteiger charge is 2.52. The lowest BCUT2D eigenvalue weighted by molar-refractivity contribution is 0.139. The molecule has 2 aliphatic rings. The Bertz CT molecular complexity index is 1730. The van der Waals surface area contributed by atoms with E-state index in [1.807, 2.05) is 0 Å². The van der Waals surface area contributed by atoms with Crippen molar-refractivity contribution in [3.8, 4) is 28.5 Å². The van der Waals surface area contributed by atoms with Crippen molar-refractivity contribution in [2.24, 2.45) is 0 Å². The fraction of sp³-hybridized carbons (Fsp3) is 0.257. The summed E-state index contributed by atoms with van der Waals surface area (Å²) < 4.78 is 14.1. The predicted molar refractivity (Wildman–Crippen MR) is 164 cm³/mol. The Morgan fingerprint density at radius 3 is 2.10 bits per heavy atom. The molecule has 1 N–H and O–H groups in total. The standard InChI is InChI=1S/C35H35N3O2/c1-5-37(6-2)23-18-20-31-28(21-23)35(27-19-17-24(22-32(27)39-31)38(7-3)8-4)33-25-13-9-11-15-29(25)36-34(33)26-14-10-12-16-30(26)40-35/h9-22,36H,5-8H2,1-4H3. The molecule has 0 bridgehead atoms. The summed E-state index contributed by atoms with van der Waals surface area (Å²) in [4.78, 5) is 8.50. The molecule has 0 fully saturated rings. The van der Waals surface area contributed by atoms with Gasteiger partial charge in [0.2, 0.25) is 0 Å². The van der Waals surface area contributed by atoms with Crippen LogP contribution in [0.25, 0.3) is 22.2 Å². The molecule has 7 rings (SSSR count). The van der Waals surface area contributed by atoms with Crippen LogP contribution in [0.15, 0.2) is 84.9 Å². The maximum Gasteiger partial charge on any atom is 0.194 e. The topological polar surface area (TPSA) is 40.7 Å². The smallest absolute Gasteiger partial charge is 0.194 e. The van der Waals surface area contributed by atoms with Gasteiger partial charge in [0.25, 0.3) is 0 Å². The van der Waals surface area contributed by atoms with Crippen molar-refractivity contribution in [3.63, 3.8) is 0 Å². The third kappa shape index (κ3) is 3.40. The summed E-state index contributed by atoms with van der Waals surface area (Å²) in [5.74, 6) is 2.53. The van der Waals surface area contributed by atoms with Gasteiger partial charge in [0.1, 0.15) is 17.2 Å². The largest absolute Gasteiger partial charge is 0.472 e. The molecule has 0 aliphatic carbocycles. The fourth-order valence-corrected chi connectivity index (χ4v) is 6.67. The molecule has 0 saturated carbocycles. The summed E-state index contributed by atoms with van der Waals surface area (Å²) >= 11 is 0. The highest BCUT2D eigenvalue weighted by Crippen LogP contribution is 2.60. The first-order valence-electron chi connectivity index (χ1n) is 14.5. The molecule has 0 saturated heterocycles. The Morgan fingerprint density at radius 2 is 1.32 bits per heavy atom. The number of ether oxygens (including phenoxy) is 2. The molecule has 5 nitrogen and oxygen atoms in total. The second-order valence-electron chi connectivity index (χ2n) is 10.5. The van der Waals surface area contributed by atoms with Crippen molar-refractivity contribution >= 4 is 22.3 Å². The Labute approximate surface area is 236 Å². The number of H-pyrrole nitrogens is 1. The Hall–Kier alpha value is -4.38. The third-order valence-electron chi connectivity index (χ3n) is 8.64. The minimum absolute atomic E-state index is 0.829. The van der Waals surface area contributed by atoms with Crippen molar-refractivity contribution < 1.29 is 9.47 Å². The SMILES string of the molecule is CCN(CC)c1ccc2c(c1)Oc1ccc(N(CC)CC)cc1C21Oc2ccccc2-c2[nH]c3ccccc3c21. The van der Waals surface area contributed by atoms with Crippen LogP contribution in [0, 0.1) is 0 Å². The maximum absolute atomic E-state index is 7.33. The van der Waals surface area contributed by atoms with Crippen LogP contribution in [0.5, 0.6) is 17.2 Å². The number of nitrogens with one attached hydrogen (secondary N) is 1. The monoisotopic (exact) mass is 529 g/mol. The van der Waals surface area contributed by atoms with Crippen LogP contribution in [0.1, 0.15) is 44.4 Å². The number of aromatic nitrogens is 1. The normalized spacial score (nSPS) is 16.4. The number of para-hydroxylation sites is 2. The van der Waals surface area contributed by atoms with Crippen molar-refractivity contribution in [2.45, 2.75) is 33.3 Å². The van der Waals surface area contributed by atoms with Gasteiger partial charge in [-0.15, -0.1) is 0 Å². The molecule has 202 valence electrons. The highest BCUT2D eigenvalue weighted by atomic mass is 16.5. The number of aromatic amines is 1. The molecule has 0 radical (unpaired) electrons. The average Bonchev–Trinajstić information content (AvgIpc) is 3.39. The van der Waals surface area contributed by atoms with Gasteiger partial charge in [-0.2, -0.15) is 0 Å². The zero-order valence-corrected chi connectivity index (χ0v) is 23.6. The maximum atomic E-state index is 7.33. The predicted octanol–water partition coefficient (Wildman–Crippen LogP) is 8.32. The summed E-state index contributed by atoms with van der Waals surface area (Å²) in [6, 6.07) is 30.1. The van der Waals surface area contributed by atoms with E-state index in [0.29, 0.717) is 0 Å². The Balaban J connectivity index is 1.59. The third-order valence-corrected chi connectivity index (χ3v) is 8.64. The second kappa shape index (κ2) is 9.37. The van der Waals surface area contributed by atoms with Crippen molar-refractivity contribution in [1.29, 1.82) is 0 Å². The molecule has 0 amide bonds. The first kappa shape index (κ1) is 24.6. The van der Waals surface area contributed by atoms with Crippen LogP contribution in [0.4, 0.5) is 11.4 Å². The minimum atomic E-state index is -0.892. The van der Waals surface area contributed by atoms with Gasteiger partial charge < -0.3 is 24.3 Å². The molecule has 4 aromatic carbocycles. The van der Waals surface area contributed by atoms with Gasteiger partial charge in [0.15, 0.2) is 5.60 Å². The van der Waals surface area contributed by atoms with Crippen molar-refractivity contribution in [3.05, 3.63) is 102 Å². The fourth-order valence-electron chi connectivity index (χ4n) is 6.67. The van der Waals surface area contributed by atoms with E-state index in [-0.39, 0.29) is 0 Å². The second-order valence-corrected chi connectivity index (χ2v) is 10.5. The van der Waals surface area contributed by atoms with Gasteiger partial charge in [0.05, 0.1) is 5.69 Å². The van der Waals surface area contributed by atoms with Crippen LogP contribution in [0.2, 0.25) is 0 Å². The lowest BCUT2D eigenvalue weighted by Crippen LogP contribution is -2.41. The van der Waals surface area contributed by atoms with E-state index < -0.39 is 5.60 Å². The average molecular weight is 530 g/mol. The van der Waals surface area contributed by atoms with E-state index in [4.69, 9.17) is 9.47 Å². The van der Waals surface area contributed by atoms with Crippen LogP contribution < -0.4 is 19.3 Å².